The van der Waals surface area contributed by atoms with Crippen molar-refractivity contribution in [3.05, 3.63) is 33.8 Å². The predicted octanol–water partition coefficient (Wildman–Crippen LogP) is 3.34. The molecule has 0 unspecified atom stereocenters. The van der Waals surface area contributed by atoms with Gasteiger partial charge in [0.25, 0.3) is 5.91 Å². The normalized spacial score (nSPS) is 15.2. The van der Waals surface area contributed by atoms with Crippen LogP contribution >= 0.6 is 23.2 Å². The molecule has 7 heteroatoms. The van der Waals surface area contributed by atoms with Crippen molar-refractivity contribution in [2.45, 2.75) is 32.4 Å². The van der Waals surface area contributed by atoms with E-state index in [-0.39, 0.29) is 18.0 Å². The molecule has 1 aliphatic rings. The van der Waals surface area contributed by atoms with Gasteiger partial charge in [-0.15, -0.1) is 0 Å². The van der Waals surface area contributed by atoms with Gasteiger partial charge >= 0.3 is 6.09 Å². The maximum absolute atomic E-state index is 12.1. The van der Waals surface area contributed by atoms with Gasteiger partial charge in [-0.05, 0) is 39.0 Å². The van der Waals surface area contributed by atoms with E-state index in [9.17, 15) is 9.59 Å². The van der Waals surface area contributed by atoms with E-state index >= 15 is 0 Å². The highest BCUT2D eigenvalue weighted by molar-refractivity contribution is 6.35. The van der Waals surface area contributed by atoms with Gasteiger partial charge < -0.3 is 15.0 Å². The fraction of sp³-hybridized carbons (Fsp3) is 0.467. The number of benzene rings is 1. The lowest BCUT2D eigenvalue weighted by Gasteiger charge is -2.39. The Bertz CT molecular complexity index is 573. The summed E-state index contributed by atoms with van der Waals surface area (Å²) in [6, 6.07) is 4.56. The van der Waals surface area contributed by atoms with Crippen LogP contribution in [0, 0.1) is 0 Å². The lowest BCUT2D eigenvalue weighted by molar-refractivity contribution is 0.00533. The summed E-state index contributed by atoms with van der Waals surface area (Å²) in [6.07, 6.45) is -0.371. The van der Waals surface area contributed by atoms with E-state index in [0.29, 0.717) is 28.7 Å². The summed E-state index contributed by atoms with van der Waals surface area (Å²) >= 11 is 11.7. The number of hydrogen-bond donors (Lipinski definition) is 1. The molecule has 2 rings (SSSR count). The fourth-order valence-electron chi connectivity index (χ4n) is 2.00. The first-order chi connectivity index (χ1) is 10.1. The Morgan fingerprint density at radius 3 is 2.23 bits per heavy atom. The number of halogens is 2. The molecular formula is C15H18Cl2N2O3. The van der Waals surface area contributed by atoms with Crippen LogP contribution in [0.25, 0.3) is 0 Å². The van der Waals surface area contributed by atoms with Crippen molar-refractivity contribution in [3.63, 3.8) is 0 Å². The van der Waals surface area contributed by atoms with Gasteiger partial charge in [0.2, 0.25) is 0 Å². The van der Waals surface area contributed by atoms with Gasteiger partial charge in [-0.2, -0.15) is 0 Å². The molecule has 1 heterocycles. The molecule has 1 aliphatic heterocycles. The number of nitrogens with zero attached hydrogens (tertiary/aromatic N) is 1. The summed E-state index contributed by atoms with van der Waals surface area (Å²) in [7, 11) is 0. The monoisotopic (exact) mass is 344 g/mol. The van der Waals surface area contributed by atoms with Gasteiger partial charge in [-0.25, -0.2) is 4.79 Å². The molecule has 1 aromatic carbocycles. The van der Waals surface area contributed by atoms with Crippen molar-refractivity contribution >= 4 is 35.2 Å². The number of carbonyl (C=O) groups is 2. The van der Waals surface area contributed by atoms with Crippen LogP contribution in [0.3, 0.4) is 0 Å². The van der Waals surface area contributed by atoms with Crippen LogP contribution in [-0.2, 0) is 4.74 Å². The smallest absolute Gasteiger partial charge is 0.410 e. The molecule has 1 saturated heterocycles. The van der Waals surface area contributed by atoms with Crippen molar-refractivity contribution in [1.29, 1.82) is 0 Å². The van der Waals surface area contributed by atoms with Crippen molar-refractivity contribution < 1.29 is 14.3 Å². The number of rotatable bonds is 2. The minimum absolute atomic E-state index is 0.0993. The third-order valence-corrected chi connectivity index (χ3v) is 3.43. The van der Waals surface area contributed by atoms with E-state index < -0.39 is 5.60 Å². The lowest BCUT2D eigenvalue weighted by Crippen LogP contribution is -2.61. The summed E-state index contributed by atoms with van der Waals surface area (Å²) in [6.45, 7) is 6.29. The van der Waals surface area contributed by atoms with Gasteiger partial charge in [-0.1, -0.05) is 23.2 Å². The third kappa shape index (κ3) is 4.52. The Labute approximate surface area is 139 Å². The van der Waals surface area contributed by atoms with E-state index in [1.165, 1.54) is 0 Å². The molecule has 5 nitrogen and oxygen atoms in total. The molecule has 1 aromatic rings. The molecule has 1 N–H and O–H groups in total. The van der Waals surface area contributed by atoms with Crippen molar-refractivity contribution in [3.8, 4) is 0 Å². The molecule has 120 valence electrons. The van der Waals surface area contributed by atoms with Gasteiger partial charge in [0.1, 0.15) is 5.60 Å². The second-order valence-electron chi connectivity index (χ2n) is 6.21. The number of amides is 2. The van der Waals surface area contributed by atoms with Crippen LogP contribution < -0.4 is 5.32 Å². The van der Waals surface area contributed by atoms with Gasteiger partial charge in [0.15, 0.2) is 0 Å². The van der Waals surface area contributed by atoms with Crippen molar-refractivity contribution in [1.82, 2.24) is 10.2 Å². The standard InChI is InChI=1S/C15H18Cl2N2O3/c1-15(2,3)22-14(21)19-7-12(8-19)18-13(20)9-4-10(16)6-11(17)5-9/h4-6,12H,7-8H2,1-3H3,(H,18,20). The number of ether oxygens (including phenoxy) is 1. The molecule has 0 saturated carbocycles. The van der Waals surface area contributed by atoms with Crippen molar-refractivity contribution in [2.24, 2.45) is 0 Å². The minimum atomic E-state index is -0.525. The molecule has 0 aromatic heterocycles. The Kier molecular flexibility index (Phi) is 4.87. The number of nitrogens with one attached hydrogen (secondary N) is 1. The SMILES string of the molecule is CC(C)(C)OC(=O)N1CC(NC(=O)c2cc(Cl)cc(Cl)c2)C1. The molecule has 0 radical (unpaired) electrons. The van der Waals surface area contributed by atoms with E-state index in [1.807, 2.05) is 20.8 Å². The van der Waals surface area contributed by atoms with Crippen LogP contribution in [0.15, 0.2) is 18.2 Å². The average molecular weight is 345 g/mol. The quantitative estimate of drug-likeness (QED) is 0.894. The lowest BCUT2D eigenvalue weighted by atomic mass is 10.1. The molecule has 0 atom stereocenters. The molecular weight excluding hydrogens is 327 g/mol. The zero-order chi connectivity index (χ0) is 16.5. The average Bonchev–Trinajstić information content (AvgIpc) is 2.29. The highest BCUT2D eigenvalue weighted by Gasteiger charge is 2.34. The van der Waals surface area contributed by atoms with Gasteiger partial charge in [-0.3, -0.25) is 4.79 Å². The van der Waals surface area contributed by atoms with Crippen LogP contribution in [0.2, 0.25) is 10.0 Å². The van der Waals surface area contributed by atoms with E-state index in [2.05, 4.69) is 5.32 Å². The predicted molar refractivity (Wildman–Crippen MR) is 85.5 cm³/mol. The Morgan fingerprint density at radius 2 is 1.73 bits per heavy atom. The van der Waals surface area contributed by atoms with Crippen LogP contribution in [-0.4, -0.2) is 41.6 Å². The molecule has 22 heavy (non-hydrogen) atoms. The van der Waals surface area contributed by atoms with Crippen LogP contribution in [0.5, 0.6) is 0 Å². The molecule has 0 aliphatic carbocycles. The van der Waals surface area contributed by atoms with Crippen LogP contribution in [0.1, 0.15) is 31.1 Å². The fourth-order valence-corrected chi connectivity index (χ4v) is 2.53. The first-order valence-electron chi connectivity index (χ1n) is 6.89. The number of carbonyl (C=O) groups excluding carboxylic acids is 2. The summed E-state index contributed by atoms with van der Waals surface area (Å²) in [5, 5.41) is 3.64. The molecule has 0 bridgehead atoms. The largest absolute Gasteiger partial charge is 0.444 e. The van der Waals surface area contributed by atoms with Gasteiger partial charge in [0, 0.05) is 28.7 Å². The maximum atomic E-state index is 12.1. The zero-order valence-corrected chi connectivity index (χ0v) is 14.2. The Morgan fingerprint density at radius 1 is 1.18 bits per heavy atom. The first-order valence-corrected chi connectivity index (χ1v) is 7.64. The maximum Gasteiger partial charge on any atom is 0.410 e. The topological polar surface area (TPSA) is 58.6 Å². The minimum Gasteiger partial charge on any atom is -0.444 e. The Balaban J connectivity index is 1.85. The Hall–Kier alpha value is -1.46. The zero-order valence-electron chi connectivity index (χ0n) is 12.7. The summed E-state index contributed by atoms with van der Waals surface area (Å²) in [5.41, 5.74) is -0.128. The highest BCUT2D eigenvalue weighted by Crippen LogP contribution is 2.20. The summed E-state index contributed by atoms with van der Waals surface area (Å²) < 4.78 is 5.25. The van der Waals surface area contributed by atoms with Gasteiger partial charge in [0.05, 0.1) is 6.04 Å². The molecule has 0 spiro atoms. The number of likely N-dealkylation sites (tertiary alicyclic amines) is 1. The highest BCUT2D eigenvalue weighted by atomic mass is 35.5. The molecule has 1 fully saturated rings. The number of hydrogen-bond acceptors (Lipinski definition) is 3. The summed E-state index contributed by atoms with van der Waals surface area (Å²) in [4.78, 5) is 25.4. The molecule has 2 amide bonds. The second-order valence-corrected chi connectivity index (χ2v) is 7.09. The van der Waals surface area contributed by atoms with E-state index in [0.717, 1.165) is 0 Å². The second kappa shape index (κ2) is 6.34. The third-order valence-electron chi connectivity index (χ3n) is 2.99. The van der Waals surface area contributed by atoms with E-state index in [1.54, 1.807) is 23.1 Å². The van der Waals surface area contributed by atoms with E-state index in [4.69, 9.17) is 27.9 Å². The van der Waals surface area contributed by atoms with Crippen LogP contribution in [0.4, 0.5) is 4.79 Å². The van der Waals surface area contributed by atoms with Crippen molar-refractivity contribution in [2.75, 3.05) is 13.1 Å². The first kappa shape index (κ1) is 16.9. The summed E-state index contributed by atoms with van der Waals surface area (Å²) in [5.74, 6) is -0.266.